The number of benzene rings is 4. The third kappa shape index (κ3) is 11.8. The minimum Gasteiger partial charge on any atom is -0.489 e. The molecule has 2 N–H and O–H groups in total. The molecule has 1 saturated heterocycles. The van der Waals surface area contributed by atoms with Crippen LogP contribution in [-0.2, 0) is 69.2 Å². The zero-order chi connectivity index (χ0) is 42.6. The summed E-state index contributed by atoms with van der Waals surface area (Å²) < 4.78 is 37.4. The Labute approximate surface area is 357 Å². The van der Waals surface area contributed by atoms with E-state index in [4.69, 9.17) is 28.4 Å². The molecule has 4 aromatic rings. The SMILES string of the molecule is CC(=O)C1C=CC2=C(OC3CC(=O)CCC3N2)C1C(C)=O.OC1O[C@H](COCc2ccccc2)[C@H](OCc2ccccc2)[C@H](OCc2ccccc2)[C@H]1OCc1ccccc1. The molecule has 61 heavy (non-hydrogen) atoms. The van der Waals surface area contributed by atoms with Gasteiger partial charge in [-0.25, -0.2) is 0 Å². The second-order valence-corrected chi connectivity index (χ2v) is 15.9. The number of rotatable bonds is 15. The van der Waals surface area contributed by atoms with Gasteiger partial charge < -0.3 is 38.8 Å². The first-order valence-electron chi connectivity index (χ1n) is 21.0. The number of hydrogen-bond acceptors (Lipinski definition) is 11. The van der Waals surface area contributed by atoms with Gasteiger partial charge in [-0.15, -0.1) is 0 Å². The normalized spacial score (nSPS) is 26.7. The molecule has 11 nitrogen and oxygen atoms in total. The summed E-state index contributed by atoms with van der Waals surface area (Å²) in [5, 5.41) is 14.5. The summed E-state index contributed by atoms with van der Waals surface area (Å²) in [5.74, 6) is -0.471. The Hall–Kier alpha value is -5.27. The zero-order valence-electron chi connectivity index (χ0n) is 34.7. The van der Waals surface area contributed by atoms with Crippen molar-refractivity contribution in [3.63, 3.8) is 0 Å². The van der Waals surface area contributed by atoms with Gasteiger partial charge in [0, 0.05) is 12.8 Å². The fraction of sp³-hybridized carbons (Fsp3) is 0.380. The van der Waals surface area contributed by atoms with E-state index in [2.05, 4.69) is 5.32 Å². The standard InChI is InChI=1S/C34H36O6.C16H19NO4/c35-34-33(39-24-29-19-11-4-12-20-29)32(38-23-28-17-9-3-10-18-28)31(37-22-27-15-7-2-8-16-27)30(40-34)25-36-21-26-13-5-1-6-14-26;1-8(18)11-4-6-13-16(15(11)9(2)19)21-14-7-10(20)3-5-12(14)17-13/h1-20,30-35H,21-25H2;4,6,11-12,14-15,17H,3,5,7H2,1-2H3/t30-,31+,32+,33-,34?;/m1./s1. The first-order valence-corrected chi connectivity index (χ1v) is 21.0. The van der Waals surface area contributed by atoms with Gasteiger partial charge in [0.05, 0.1) is 56.6 Å². The van der Waals surface area contributed by atoms with Crippen LogP contribution in [0.1, 0.15) is 55.4 Å². The summed E-state index contributed by atoms with van der Waals surface area (Å²) in [7, 11) is 0. The summed E-state index contributed by atoms with van der Waals surface area (Å²) in [6.07, 6.45) is 1.34. The lowest BCUT2D eigenvalue weighted by molar-refractivity contribution is -0.317. The lowest BCUT2D eigenvalue weighted by atomic mass is 9.79. The smallest absolute Gasteiger partial charge is 0.184 e. The summed E-state index contributed by atoms with van der Waals surface area (Å²) in [6, 6.07) is 39.8. The Morgan fingerprint density at radius 3 is 1.72 bits per heavy atom. The molecule has 4 aromatic carbocycles. The van der Waals surface area contributed by atoms with E-state index in [0.29, 0.717) is 45.0 Å². The quantitative estimate of drug-likeness (QED) is 0.129. The van der Waals surface area contributed by atoms with Crippen LogP contribution in [0.4, 0.5) is 0 Å². The monoisotopic (exact) mass is 829 g/mol. The molecule has 0 spiro atoms. The Bertz CT molecular complexity index is 2090. The molecule has 0 radical (unpaired) electrons. The van der Waals surface area contributed by atoms with Crippen molar-refractivity contribution in [3.8, 4) is 0 Å². The van der Waals surface area contributed by atoms with Gasteiger partial charge in [-0.1, -0.05) is 127 Å². The van der Waals surface area contributed by atoms with Crippen LogP contribution in [0.15, 0.2) is 145 Å². The third-order valence-electron chi connectivity index (χ3n) is 11.4. The Balaban J connectivity index is 0.000000224. The Morgan fingerprint density at radius 1 is 0.689 bits per heavy atom. The molecular formula is C50H55NO10. The van der Waals surface area contributed by atoms with E-state index in [9.17, 15) is 19.5 Å². The lowest BCUT2D eigenvalue weighted by Gasteiger charge is -2.44. The summed E-state index contributed by atoms with van der Waals surface area (Å²) in [4.78, 5) is 35.4. The van der Waals surface area contributed by atoms with Gasteiger partial charge >= 0.3 is 0 Å². The van der Waals surface area contributed by atoms with Crippen molar-refractivity contribution < 1.29 is 47.9 Å². The molecular weight excluding hydrogens is 775 g/mol. The molecule has 0 bridgehead atoms. The van der Waals surface area contributed by atoms with Gasteiger partial charge in [-0.05, 0) is 48.6 Å². The number of carbonyl (C=O) groups excluding carboxylic acids is 3. The zero-order valence-corrected chi connectivity index (χ0v) is 34.7. The molecule has 0 amide bonds. The van der Waals surface area contributed by atoms with Crippen molar-refractivity contribution in [2.75, 3.05) is 6.61 Å². The number of allylic oxidation sites excluding steroid dienone is 3. The highest BCUT2D eigenvalue weighted by molar-refractivity contribution is 5.91. The summed E-state index contributed by atoms with van der Waals surface area (Å²) in [5.41, 5.74) is 4.88. The van der Waals surface area contributed by atoms with Crippen LogP contribution < -0.4 is 5.32 Å². The fourth-order valence-electron chi connectivity index (χ4n) is 8.18. The van der Waals surface area contributed by atoms with Crippen LogP contribution >= 0.6 is 0 Å². The number of aliphatic hydroxyl groups excluding tert-OH is 1. The van der Waals surface area contributed by atoms with Gasteiger partial charge in [-0.2, -0.15) is 0 Å². The van der Waals surface area contributed by atoms with Crippen LogP contribution in [0.3, 0.4) is 0 Å². The number of fused-ring (bicyclic) bond motifs is 1. The van der Waals surface area contributed by atoms with Gasteiger partial charge in [0.25, 0.3) is 0 Å². The molecule has 2 aliphatic heterocycles. The van der Waals surface area contributed by atoms with Gasteiger partial charge in [0.2, 0.25) is 0 Å². The van der Waals surface area contributed by atoms with Gasteiger partial charge in [0.15, 0.2) is 6.29 Å². The third-order valence-corrected chi connectivity index (χ3v) is 11.4. The second kappa shape index (κ2) is 21.5. The molecule has 2 heterocycles. The molecule has 9 atom stereocenters. The number of hydrogen-bond donors (Lipinski definition) is 2. The van der Waals surface area contributed by atoms with E-state index < -0.39 is 42.5 Å². The molecule has 1 saturated carbocycles. The van der Waals surface area contributed by atoms with Gasteiger partial charge in [0.1, 0.15) is 53.6 Å². The summed E-state index contributed by atoms with van der Waals surface area (Å²) in [6.45, 7) is 4.61. The second-order valence-electron chi connectivity index (χ2n) is 15.9. The van der Waals surface area contributed by atoms with E-state index in [1.54, 1.807) is 6.08 Å². The van der Waals surface area contributed by atoms with Gasteiger partial charge in [-0.3, -0.25) is 14.4 Å². The van der Waals surface area contributed by atoms with E-state index in [-0.39, 0.29) is 36.1 Å². The fourth-order valence-corrected chi connectivity index (χ4v) is 8.18. The van der Waals surface area contributed by atoms with Crippen molar-refractivity contribution in [2.45, 2.75) is 102 Å². The summed E-state index contributed by atoms with van der Waals surface area (Å²) >= 11 is 0. The number of carbonyl (C=O) groups is 3. The maximum absolute atomic E-state index is 12.0. The van der Waals surface area contributed by atoms with Crippen molar-refractivity contribution in [3.05, 3.63) is 167 Å². The Morgan fingerprint density at radius 2 is 1.20 bits per heavy atom. The molecule has 8 rings (SSSR count). The Kier molecular flexibility index (Phi) is 15.4. The number of nitrogens with one attached hydrogen (secondary N) is 1. The molecule has 2 aliphatic carbocycles. The van der Waals surface area contributed by atoms with E-state index in [0.717, 1.165) is 34.4 Å². The average Bonchev–Trinajstić information content (AvgIpc) is 3.28. The highest BCUT2D eigenvalue weighted by Crippen LogP contribution is 2.38. The highest BCUT2D eigenvalue weighted by atomic mass is 16.7. The minimum absolute atomic E-state index is 0.0524. The van der Waals surface area contributed by atoms with E-state index in [1.807, 2.05) is 127 Å². The molecule has 2 fully saturated rings. The number of ketones is 3. The maximum atomic E-state index is 12.0. The molecule has 4 aliphatic rings. The lowest BCUT2D eigenvalue weighted by Crippen LogP contribution is -2.61. The average molecular weight is 830 g/mol. The number of Topliss-reactive ketones (excluding diaryl/α,β-unsaturated/α-hetero) is 3. The topological polar surface area (TPSA) is 139 Å². The van der Waals surface area contributed by atoms with Crippen molar-refractivity contribution in [1.29, 1.82) is 0 Å². The predicted octanol–water partition coefficient (Wildman–Crippen LogP) is 6.96. The van der Waals surface area contributed by atoms with Crippen molar-refractivity contribution >= 4 is 17.3 Å². The number of aliphatic hydroxyl groups is 1. The highest BCUT2D eigenvalue weighted by Gasteiger charge is 2.48. The van der Waals surface area contributed by atoms with Crippen LogP contribution in [0.2, 0.25) is 0 Å². The molecule has 5 unspecified atom stereocenters. The maximum Gasteiger partial charge on any atom is 0.184 e. The molecule has 11 heteroatoms. The molecule has 320 valence electrons. The van der Waals surface area contributed by atoms with Crippen LogP contribution in [0, 0.1) is 11.8 Å². The van der Waals surface area contributed by atoms with E-state index >= 15 is 0 Å². The van der Waals surface area contributed by atoms with E-state index in [1.165, 1.54) is 13.8 Å². The molecule has 0 aromatic heterocycles. The minimum atomic E-state index is -1.22. The van der Waals surface area contributed by atoms with Crippen LogP contribution in [0.25, 0.3) is 0 Å². The van der Waals surface area contributed by atoms with Crippen molar-refractivity contribution in [1.82, 2.24) is 5.32 Å². The number of ether oxygens (including phenoxy) is 6. The first kappa shape index (κ1) is 43.8. The largest absolute Gasteiger partial charge is 0.489 e. The first-order chi connectivity index (χ1) is 29.7. The van der Waals surface area contributed by atoms with Crippen LogP contribution in [0.5, 0.6) is 0 Å². The van der Waals surface area contributed by atoms with Crippen LogP contribution in [-0.4, -0.2) is 71.9 Å². The predicted molar refractivity (Wildman–Crippen MR) is 227 cm³/mol. The van der Waals surface area contributed by atoms with Crippen molar-refractivity contribution in [2.24, 2.45) is 11.8 Å².